The molecule has 4 rings (SSSR count). The molecule has 0 atom stereocenters. The average molecular weight is 767 g/mol. The maximum atomic E-state index is 14.0. The van der Waals surface area contributed by atoms with Crippen LogP contribution < -0.4 is 10.2 Å². The third-order valence-corrected chi connectivity index (χ3v) is 8.92. The summed E-state index contributed by atoms with van der Waals surface area (Å²) in [4.78, 5) is 22.2. The van der Waals surface area contributed by atoms with Crippen molar-refractivity contribution in [3.8, 4) is 0 Å². The quantitative estimate of drug-likeness (QED) is 0.155. The van der Waals surface area contributed by atoms with E-state index in [2.05, 4.69) is 69.8 Å². The monoisotopic (exact) mass is 764 g/mol. The molecule has 0 aliphatic heterocycles. The summed E-state index contributed by atoms with van der Waals surface area (Å²) in [7, 11) is 0. The van der Waals surface area contributed by atoms with Crippen LogP contribution in [-0.2, 0) is 0 Å². The first-order valence-electron chi connectivity index (χ1n) is 15.6. The van der Waals surface area contributed by atoms with Crippen molar-refractivity contribution in [3.05, 3.63) is 70.9 Å². The van der Waals surface area contributed by atoms with E-state index in [9.17, 15) is 33.4 Å². The van der Waals surface area contributed by atoms with E-state index in [0.717, 1.165) is 43.7 Å². The highest BCUT2D eigenvalue weighted by molar-refractivity contribution is 9.10. The van der Waals surface area contributed by atoms with Gasteiger partial charge in [0.15, 0.2) is 0 Å². The lowest BCUT2D eigenvalue weighted by Crippen LogP contribution is -2.39. The van der Waals surface area contributed by atoms with Gasteiger partial charge in [0.25, 0.3) is 5.69 Å². The highest BCUT2D eigenvalue weighted by atomic mass is 79.9. The molecular weight excluding hydrogens is 721 g/mol. The molecular formula is C32H45Br2F3N4O4. The molecule has 13 heteroatoms. The molecule has 2 aliphatic rings. The number of nitrogens with one attached hydrogen (secondary N) is 1. The molecule has 0 amide bonds. The Morgan fingerprint density at radius 3 is 1.73 bits per heavy atom. The largest absolute Gasteiger partial charge is 0.363 e. The van der Waals surface area contributed by atoms with Gasteiger partial charge in [0.05, 0.1) is 18.8 Å². The van der Waals surface area contributed by atoms with Crippen molar-refractivity contribution in [1.82, 2.24) is 5.32 Å². The van der Waals surface area contributed by atoms with Crippen molar-refractivity contribution in [3.63, 3.8) is 0 Å². The molecule has 2 aliphatic carbocycles. The summed E-state index contributed by atoms with van der Waals surface area (Å²) < 4.78 is 39.1. The molecule has 0 unspecified atom stereocenters. The molecule has 2 saturated carbocycles. The van der Waals surface area contributed by atoms with Crippen molar-refractivity contribution < 1.29 is 23.0 Å². The van der Waals surface area contributed by atoms with Crippen LogP contribution in [0.4, 0.5) is 30.2 Å². The second kappa shape index (κ2) is 19.4. The lowest BCUT2D eigenvalue weighted by molar-refractivity contribution is -0.387. The summed E-state index contributed by atoms with van der Waals surface area (Å²) in [6.07, 6.45) is 12.7. The molecule has 0 saturated heterocycles. The Labute approximate surface area is 281 Å². The van der Waals surface area contributed by atoms with Crippen molar-refractivity contribution in [2.45, 2.75) is 104 Å². The number of hydrogen-bond acceptors (Lipinski definition) is 6. The Bertz CT molecular complexity index is 1260. The lowest BCUT2D eigenvalue weighted by atomic mass is 9.93. The molecule has 0 bridgehead atoms. The van der Waals surface area contributed by atoms with E-state index in [1.54, 1.807) is 0 Å². The molecule has 1 N–H and O–H groups in total. The lowest BCUT2D eigenvalue weighted by Gasteiger charge is -2.37. The zero-order chi connectivity index (χ0) is 33.7. The van der Waals surface area contributed by atoms with Crippen molar-refractivity contribution in [2.24, 2.45) is 11.8 Å². The van der Waals surface area contributed by atoms with Gasteiger partial charge >= 0.3 is 5.69 Å². The maximum absolute atomic E-state index is 14.0. The number of benzene rings is 2. The van der Waals surface area contributed by atoms with E-state index in [-0.39, 0.29) is 20.7 Å². The van der Waals surface area contributed by atoms with Crippen LogP contribution in [0.5, 0.6) is 0 Å². The van der Waals surface area contributed by atoms with Gasteiger partial charge in [-0.2, -0.15) is 4.39 Å². The normalized spacial score (nSPS) is 15.6. The molecule has 45 heavy (non-hydrogen) atoms. The molecule has 0 heterocycles. The first-order chi connectivity index (χ1) is 21.2. The molecule has 0 aromatic heterocycles. The van der Waals surface area contributed by atoms with E-state index in [1.807, 2.05) is 0 Å². The number of nitro benzene ring substituents is 2. The third kappa shape index (κ3) is 13.2. The van der Waals surface area contributed by atoms with Crippen molar-refractivity contribution >= 4 is 48.9 Å². The molecule has 2 aromatic carbocycles. The number of halogens is 5. The first kappa shape index (κ1) is 38.9. The molecule has 2 aromatic rings. The Hall–Kier alpha value is -2.25. The van der Waals surface area contributed by atoms with E-state index < -0.39 is 33.0 Å². The average Bonchev–Trinajstić information content (AvgIpc) is 2.99. The van der Waals surface area contributed by atoms with Gasteiger partial charge in [0.1, 0.15) is 17.3 Å². The predicted octanol–water partition coefficient (Wildman–Crippen LogP) is 10.5. The van der Waals surface area contributed by atoms with Gasteiger partial charge in [-0.15, -0.1) is 0 Å². The highest BCUT2D eigenvalue weighted by Crippen LogP contribution is 2.37. The van der Waals surface area contributed by atoms with Crippen LogP contribution in [0.2, 0.25) is 0 Å². The summed E-state index contributed by atoms with van der Waals surface area (Å²) >= 11 is 5.75. The Morgan fingerprint density at radius 1 is 0.756 bits per heavy atom. The summed E-state index contributed by atoms with van der Waals surface area (Å²) in [6, 6.07) is 4.92. The van der Waals surface area contributed by atoms with Gasteiger partial charge in [-0.3, -0.25) is 20.2 Å². The van der Waals surface area contributed by atoms with Crippen LogP contribution >= 0.6 is 31.9 Å². The van der Waals surface area contributed by atoms with E-state index in [4.69, 9.17) is 0 Å². The van der Waals surface area contributed by atoms with Crippen LogP contribution in [0.25, 0.3) is 0 Å². The molecule has 252 valence electrons. The van der Waals surface area contributed by atoms with E-state index in [1.165, 1.54) is 57.2 Å². The van der Waals surface area contributed by atoms with Gasteiger partial charge in [0.2, 0.25) is 5.82 Å². The third-order valence-electron chi connectivity index (χ3n) is 7.71. The number of rotatable bonds is 9. The summed E-state index contributed by atoms with van der Waals surface area (Å²) in [5.74, 6) is -1.34. The second-order valence-electron chi connectivity index (χ2n) is 12.5. The Kier molecular flexibility index (Phi) is 16.8. The zero-order valence-corrected chi connectivity index (χ0v) is 29.6. The standard InChI is InChI=1S/C16H22BrFN2O2.C10H21N.C6H2BrF2NO2/c1-11(2)10-19(12-6-4-3-5-7-12)15-9-14(18)13(17)8-16(15)20(21)22;1-9(2)8-11-10-6-4-3-5-7-10;7-3-1-6(10(11)12)5(9)2-4(3)8/h8-9,11-12H,3-7,10H2,1-2H3;9-11H,3-8H2,1-2H3;1-2H. The number of anilines is 1. The Morgan fingerprint density at radius 2 is 1.24 bits per heavy atom. The predicted molar refractivity (Wildman–Crippen MR) is 180 cm³/mol. The van der Waals surface area contributed by atoms with Crippen LogP contribution in [0, 0.1) is 49.5 Å². The molecule has 2 fully saturated rings. The smallest absolute Gasteiger partial charge is 0.306 e. The van der Waals surface area contributed by atoms with Crippen LogP contribution in [-0.4, -0.2) is 35.0 Å². The minimum atomic E-state index is -1.18. The van der Waals surface area contributed by atoms with Gasteiger partial charge in [-0.05, 0) is 75.9 Å². The maximum Gasteiger partial charge on any atom is 0.306 e. The fourth-order valence-electron chi connectivity index (χ4n) is 5.49. The van der Waals surface area contributed by atoms with Crippen LogP contribution in [0.15, 0.2) is 33.2 Å². The minimum absolute atomic E-state index is 0.0282. The second-order valence-corrected chi connectivity index (χ2v) is 14.2. The fourth-order valence-corrected chi connectivity index (χ4v) is 6.16. The van der Waals surface area contributed by atoms with Crippen molar-refractivity contribution in [2.75, 3.05) is 18.0 Å². The Balaban J connectivity index is 0.000000259. The van der Waals surface area contributed by atoms with Gasteiger partial charge in [-0.1, -0.05) is 66.2 Å². The topological polar surface area (TPSA) is 102 Å². The molecule has 0 spiro atoms. The number of hydrogen-bond donors (Lipinski definition) is 1. The number of nitro groups is 2. The number of nitrogens with zero attached hydrogens (tertiary/aromatic N) is 3. The zero-order valence-electron chi connectivity index (χ0n) is 26.5. The van der Waals surface area contributed by atoms with E-state index in [0.29, 0.717) is 24.2 Å². The summed E-state index contributed by atoms with van der Waals surface area (Å²) in [5.41, 5.74) is -0.367. The molecule has 0 radical (unpaired) electrons. The molecule has 8 nitrogen and oxygen atoms in total. The SMILES string of the molecule is CC(C)CN(c1cc(F)c(Br)cc1[N+](=O)[O-])C1CCCCC1.CC(C)CNC1CCCCC1.O=[N+]([O-])c1cc(Br)c(F)cc1F. The van der Waals surface area contributed by atoms with Gasteiger partial charge in [-0.25, -0.2) is 8.78 Å². The van der Waals surface area contributed by atoms with Crippen LogP contribution in [0.3, 0.4) is 0 Å². The van der Waals surface area contributed by atoms with E-state index >= 15 is 0 Å². The van der Waals surface area contributed by atoms with Gasteiger partial charge in [0, 0.05) is 42.9 Å². The first-order valence-corrected chi connectivity index (χ1v) is 17.2. The van der Waals surface area contributed by atoms with Gasteiger partial charge < -0.3 is 10.2 Å². The minimum Gasteiger partial charge on any atom is -0.363 e. The summed E-state index contributed by atoms with van der Waals surface area (Å²) in [5, 5.41) is 25.1. The summed E-state index contributed by atoms with van der Waals surface area (Å²) in [6.45, 7) is 10.6. The highest BCUT2D eigenvalue weighted by Gasteiger charge is 2.29. The van der Waals surface area contributed by atoms with Crippen molar-refractivity contribution in [1.29, 1.82) is 0 Å². The van der Waals surface area contributed by atoms with Crippen LogP contribution in [0.1, 0.15) is 91.9 Å². The fraction of sp³-hybridized carbons (Fsp3) is 0.625.